The number of fused-ring (bicyclic) bond motifs is 1. The van der Waals surface area contributed by atoms with Gasteiger partial charge in [-0.3, -0.25) is 4.79 Å². The molecule has 0 radical (unpaired) electrons. The summed E-state index contributed by atoms with van der Waals surface area (Å²) in [7, 11) is 1.84. The lowest BCUT2D eigenvalue weighted by atomic mass is 10.0. The topological polar surface area (TPSA) is 88.2 Å². The Balaban J connectivity index is 1.21. The predicted molar refractivity (Wildman–Crippen MR) is 145 cm³/mol. The molecule has 4 aromatic rings. The van der Waals surface area contributed by atoms with E-state index < -0.39 is 24.9 Å². The molecule has 2 aliphatic rings. The average molecular weight is 589 g/mol. The monoisotopic (exact) mass is 588 g/mol. The van der Waals surface area contributed by atoms with Gasteiger partial charge in [-0.05, 0) is 61.7 Å². The highest BCUT2D eigenvalue weighted by molar-refractivity contribution is 5.96. The van der Waals surface area contributed by atoms with E-state index in [2.05, 4.69) is 20.8 Å². The van der Waals surface area contributed by atoms with Crippen molar-refractivity contribution in [2.45, 2.75) is 50.2 Å². The Morgan fingerprint density at radius 3 is 2.74 bits per heavy atom. The third-order valence-corrected chi connectivity index (χ3v) is 7.88. The SMILES string of the molecule is CN1CC[C@@H](Nc2cccc3c2cc(-c2noc(CNC(=O)[C@@H]4C[C@H]4c4cccc(F)c4)n2)n3CC(F)(F)F)[C@@H](F)C1. The molecule has 1 saturated heterocycles. The van der Waals surface area contributed by atoms with Gasteiger partial charge in [-0.2, -0.15) is 18.2 Å². The molecule has 222 valence electrons. The number of carbonyl (C=O) groups excluding carboxylic acids is 1. The molecular weight excluding hydrogens is 559 g/mol. The van der Waals surface area contributed by atoms with Crippen LogP contribution in [-0.4, -0.2) is 64.0 Å². The van der Waals surface area contributed by atoms with Crippen LogP contribution in [0.1, 0.15) is 30.2 Å². The molecule has 1 saturated carbocycles. The molecule has 42 heavy (non-hydrogen) atoms. The van der Waals surface area contributed by atoms with Crippen LogP contribution in [0.4, 0.5) is 27.6 Å². The van der Waals surface area contributed by atoms with E-state index in [0.717, 1.165) is 10.1 Å². The van der Waals surface area contributed by atoms with Crippen molar-refractivity contribution in [3.05, 3.63) is 65.8 Å². The number of piperidine rings is 1. The Morgan fingerprint density at radius 1 is 1.17 bits per heavy atom. The maximum absolute atomic E-state index is 14.7. The van der Waals surface area contributed by atoms with E-state index in [9.17, 15) is 26.7 Å². The number of carbonyl (C=O) groups is 1. The number of hydrogen-bond acceptors (Lipinski definition) is 6. The highest BCUT2D eigenvalue weighted by Crippen LogP contribution is 2.47. The quantitative estimate of drug-likeness (QED) is 0.273. The number of nitrogens with one attached hydrogen (secondary N) is 2. The first-order valence-electron chi connectivity index (χ1n) is 13.7. The summed E-state index contributed by atoms with van der Waals surface area (Å²) in [5.74, 6) is -1.07. The molecule has 4 atom stereocenters. The molecule has 2 aromatic carbocycles. The van der Waals surface area contributed by atoms with Gasteiger partial charge in [-0.15, -0.1) is 0 Å². The summed E-state index contributed by atoms with van der Waals surface area (Å²) >= 11 is 0. The summed E-state index contributed by atoms with van der Waals surface area (Å²) in [6.45, 7) is -0.442. The van der Waals surface area contributed by atoms with Crippen LogP contribution in [0.2, 0.25) is 0 Å². The Bertz CT molecular complexity index is 1600. The Hall–Kier alpha value is -4.00. The second kappa shape index (κ2) is 11.0. The van der Waals surface area contributed by atoms with Crippen molar-refractivity contribution >= 4 is 22.5 Å². The Morgan fingerprint density at radius 2 is 1.98 bits per heavy atom. The van der Waals surface area contributed by atoms with Crippen molar-refractivity contribution in [3.63, 3.8) is 0 Å². The van der Waals surface area contributed by atoms with Gasteiger partial charge in [-0.1, -0.05) is 23.4 Å². The van der Waals surface area contributed by atoms with Gasteiger partial charge < -0.3 is 24.6 Å². The van der Waals surface area contributed by atoms with Crippen molar-refractivity contribution in [2.24, 2.45) is 5.92 Å². The normalized spacial score (nSPS) is 22.8. The van der Waals surface area contributed by atoms with Gasteiger partial charge in [0.15, 0.2) is 0 Å². The second-order valence-corrected chi connectivity index (χ2v) is 11.0. The van der Waals surface area contributed by atoms with Gasteiger partial charge in [0.1, 0.15) is 18.5 Å². The van der Waals surface area contributed by atoms with Gasteiger partial charge >= 0.3 is 6.18 Å². The molecule has 0 unspecified atom stereocenters. The minimum absolute atomic E-state index is 0.0232. The van der Waals surface area contributed by atoms with E-state index in [1.807, 2.05) is 11.9 Å². The van der Waals surface area contributed by atoms with Crippen LogP contribution in [0.3, 0.4) is 0 Å². The van der Waals surface area contributed by atoms with Gasteiger partial charge in [0.2, 0.25) is 17.6 Å². The molecule has 3 heterocycles. The fourth-order valence-electron chi connectivity index (χ4n) is 5.68. The Kier molecular flexibility index (Phi) is 7.37. The van der Waals surface area contributed by atoms with Crippen molar-refractivity contribution in [3.8, 4) is 11.5 Å². The first-order chi connectivity index (χ1) is 20.1. The number of amides is 1. The van der Waals surface area contributed by atoms with Gasteiger partial charge in [0, 0.05) is 30.1 Å². The van der Waals surface area contributed by atoms with Crippen molar-refractivity contribution < 1.29 is 31.3 Å². The zero-order valence-corrected chi connectivity index (χ0v) is 22.7. The van der Waals surface area contributed by atoms with Gasteiger partial charge in [0.05, 0.1) is 23.8 Å². The fraction of sp³-hybridized carbons (Fsp3) is 0.414. The molecule has 2 aromatic heterocycles. The van der Waals surface area contributed by atoms with Crippen molar-refractivity contribution in [2.75, 3.05) is 25.5 Å². The van der Waals surface area contributed by atoms with Crippen LogP contribution in [0.15, 0.2) is 53.1 Å². The summed E-state index contributed by atoms with van der Waals surface area (Å²) in [6, 6.07) is 12.1. The molecule has 0 spiro atoms. The summed E-state index contributed by atoms with van der Waals surface area (Å²) in [5.41, 5.74) is 1.62. The molecule has 1 amide bonds. The molecule has 0 bridgehead atoms. The van der Waals surface area contributed by atoms with Crippen molar-refractivity contribution in [1.82, 2.24) is 24.9 Å². The minimum Gasteiger partial charge on any atom is -0.379 e. The molecule has 1 aliphatic heterocycles. The van der Waals surface area contributed by atoms with E-state index in [1.165, 1.54) is 18.2 Å². The molecule has 6 rings (SSSR count). The number of halogens is 5. The van der Waals surface area contributed by atoms with E-state index in [1.54, 1.807) is 30.3 Å². The second-order valence-electron chi connectivity index (χ2n) is 11.0. The third kappa shape index (κ3) is 5.96. The molecule has 2 N–H and O–H groups in total. The highest BCUT2D eigenvalue weighted by atomic mass is 19.4. The molecule has 2 fully saturated rings. The minimum atomic E-state index is -4.54. The smallest absolute Gasteiger partial charge is 0.379 e. The molecular formula is C29H29F5N6O2. The molecule has 1 aliphatic carbocycles. The third-order valence-electron chi connectivity index (χ3n) is 7.88. The van der Waals surface area contributed by atoms with Crippen LogP contribution in [0, 0.1) is 11.7 Å². The van der Waals surface area contributed by atoms with Crippen LogP contribution in [0.25, 0.3) is 22.4 Å². The van der Waals surface area contributed by atoms with Gasteiger partial charge in [-0.25, -0.2) is 8.78 Å². The lowest BCUT2D eigenvalue weighted by Crippen LogP contribution is -2.46. The summed E-state index contributed by atoms with van der Waals surface area (Å²) < 4.78 is 75.5. The van der Waals surface area contributed by atoms with Crippen LogP contribution in [0.5, 0.6) is 0 Å². The first kappa shape index (κ1) is 28.1. The lowest BCUT2D eigenvalue weighted by molar-refractivity contribution is -0.139. The van der Waals surface area contributed by atoms with Gasteiger partial charge in [0.25, 0.3) is 0 Å². The first-order valence-corrected chi connectivity index (χ1v) is 13.7. The fourth-order valence-corrected chi connectivity index (χ4v) is 5.68. The van der Waals surface area contributed by atoms with E-state index in [-0.39, 0.29) is 59.6 Å². The lowest BCUT2D eigenvalue weighted by Gasteiger charge is -2.33. The summed E-state index contributed by atoms with van der Waals surface area (Å²) in [4.78, 5) is 18.8. The molecule has 8 nitrogen and oxygen atoms in total. The molecule has 13 heteroatoms. The number of nitrogens with zero attached hydrogens (tertiary/aromatic N) is 4. The van der Waals surface area contributed by atoms with Crippen molar-refractivity contribution in [1.29, 1.82) is 0 Å². The average Bonchev–Trinajstić information content (AvgIpc) is 3.47. The number of rotatable bonds is 8. The predicted octanol–water partition coefficient (Wildman–Crippen LogP) is 5.27. The zero-order chi connectivity index (χ0) is 29.6. The Labute approximate surface area is 237 Å². The number of benzene rings is 2. The summed E-state index contributed by atoms with van der Waals surface area (Å²) in [5, 5.41) is 10.3. The van der Waals surface area contributed by atoms with E-state index in [0.29, 0.717) is 30.5 Å². The number of alkyl halides is 4. The zero-order valence-electron chi connectivity index (χ0n) is 22.7. The number of hydrogen-bond donors (Lipinski definition) is 2. The largest absolute Gasteiger partial charge is 0.406 e. The van der Waals surface area contributed by atoms with E-state index >= 15 is 0 Å². The number of aromatic nitrogens is 3. The highest BCUT2D eigenvalue weighted by Gasteiger charge is 2.44. The van der Waals surface area contributed by atoms with Crippen LogP contribution >= 0.6 is 0 Å². The summed E-state index contributed by atoms with van der Waals surface area (Å²) in [6.07, 6.45) is -4.54. The van der Waals surface area contributed by atoms with Crippen LogP contribution < -0.4 is 10.6 Å². The standard InChI is InChI=1S/C29H29F5N6O2/c1-39-9-8-23(21(31)14-39)36-22-6-3-7-24-20(22)12-25(40(24)15-29(32,33)34)27-37-26(42-38-27)13-35-28(41)19-11-18(19)16-4-2-5-17(30)10-16/h2-7,10,12,18-19,21,23,36H,8-9,11,13-15H2,1H3,(H,35,41)/t18-,19+,21-,23+/m0/s1. The number of anilines is 1. The van der Waals surface area contributed by atoms with Crippen LogP contribution in [-0.2, 0) is 17.9 Å². The maximum atomic E-state index is 14.7. The number of likely N-dealkylation sites (tertiary alicyclic amines) is 1. The maximum Gasteiger partial charge on any atom is 0.406 e. The van der Waals surface area contributed by atoms with E-state index in [4.69, 9.17) is 4.52 Å².